The van der Waals surface area contributed by atoms with Gasteiger partial charge in [-0.25, -0.2) is 0 Å². The Morgan fingerprint density at radius 1 is 1.09 bits per heavy atom. The van der Waals surface area contributed by atoms with Crippen LogP contribution in [0.15, 0.2) is 48.5 Å². The molecule has 0 spiro atoms. The van der Waals surface area contributed by atoms with Crippen LogP contribution in [0, 0.1) is 0 Å². The molecule has 2 aromatic rings. The van der Waals surface area contributed by atoms with Gasteiger partial charge in [0.2, 0.25) is 0 Å². The minimum atomic E-state index is -1.38. The van der Waals surface area contributed by atoms with Crippen molar-refractivity contribution in [2.45, 2.75) is 12.5 Å². The molecular formula is C16H12Cl2NO3-. The molecule has 0 aliphatic rings. The number of carboxylic acid groups (broad SMARTS) is 1. The molecule has 4 nitrogen and oxygen atoms in total. The van der Waals surface area contributed by atoms with E-state index in [1.165, 1.54) is 6.07 Å². The van der Waals surface area contributed by atoms with Gasteiger partial charge >= 0.3 is 0 Å². The van der Waals surface area contributed by atoms with E-state index in [4.69, 9.17) is 23.2 Å². The molecular weight excluding hydrogens is 325 g/mol. The summed E-state index contributed by atoms with van der Waals surface area (Å²) in [6.45, 7) is 0. The van der Waals surface area contributed by atoms with E-state index in [0.717, 1.165) is 0 Å². The average molecular weight is 337 g/mol. The highest BCUT2D eigenvalue weighted by molar-refractivity contribution is 6.36. The fourth-order valence-corrected chi connectivity index (χ4v) is 2.38. The summed E-state index contributed by atoms with van der Waals surface area (Å²) in [5.74, 6) is -1.68. The predicted octanol–water partition coefficient (Wildman–Crippen LogP) is 2.80. The Hall–Kier alpha value is -2.04. The molecule has 0 saturated heterocycles. The van der Waals surface area contributed by atoms with Crippen LogP contribution in [-0.4, -0.2) is 17.8 Å². The molecule has 114 valence electrons. The lowest BCUT2D eigenvalue weighted by Crippen LogP contribution is -2.42. The summed E-state index contributed by atoms with van der Waals surface area (Å²) in [7, 11) is 0. The summed E-state index contributed by atoms with van der Waals surface area (Å²) >= 11 is 11.8. The molecule has 0 aliphatic carbocycles. The van der Waals surface area contributed by atoms with E-state index >= 15 is 0 Å². The second kappa shape index (κ2) is 7.29. The molecule has 0 saturated carbocycles. The Bertz CT molecular complexity index is 689. The third-order valence-electron chi connectivity index (χ3n) is 3.03. The quantitative estimate of drug-likeness (QED) is 0.823. The molecule has 0 fully saturated rings. The maximum absolute atomic E-state index is 12.1. The molecule has 0 aliphatic heterocycles. The van der Waals surface area contributed by atoms with E-state index in [0.29, 0.717) is 16.3 Å². The van der Waals surface area contributed by atoms with Crippen molar-refractivity contribution in [2.24, 2.45) is 0 Å². The molecule has 1 atom stereocenters. The minimum absolute atomic E-state index is 0.245. The molecule has 0 aromatic heterocycles. The van der Waals surface area contributed by atoms with Crippen LogP contribution in [0.3, 0.4) is 0 Å². The number of hydrogen-bond donors (Lipinski definition) is 1. The van der Waals surface area contributed by atoms with Crippen LogP contribution in [0.1, 0.15) is 16.8 Å². The largest absolute Gasteiger partial charge is 0.548 e. The van der Waals surface area contributed by atoms with Crippen molar-refractivity contribution in [3.8, 4) is 0 Å². The molecule has 0 bridgehead atoms. The number of carboxylic acids is 1. The van der Waals surface area contributed by atoms with Crippen molar-refractivity contribution in [3.05, 3.63) is 64.1 Å². The zero-order valence-electron chi connectivity index (χ0n) is 11.4. The lowest BCUT2D eigenvalue weighted by molar-refractivity contribution is -0.306. The zero-order valence-corrected chi connectivity index (χ0v) is 12.9. The molecule has 0 radical (unpaired) electrons. The lowest BCUT2D eigenvalue weighted by Gasteiger charge is -2.21. The Balaban J connectivity index is 2.14. The van der Waals surface area contributed by atoms with Gasteiger partial charge in [0.1, 0.15) is 0 Å². The number of nitrogens with one attached hydrogen (secondary N) is 1. The summed E-state index contributed by atoms with van der Waals surface area (Å²) in [5.41, 5.74) is 0.818. The maximum atomic E-state index is 12.1. The second-order valence-corrected chi connectivity index (χ2v) is 5.48. The van der Waals surface area contributed by atoms with Crippen LogP contribution < -0.4 is 10.4 Å². The van der Waals surface area contributed by atoms with Crippen LogP contribution in [0.25, 0.3) is 0 Å². The van der Waals surface area contributed by atoms with Crippen molar-refractivity contribution < 1.29 is 14.7 Å². The second-order valence-electron chi connectivity index (χ2n) is 4.63. The van der Waals surface area contributed by atoms with E-state index < -0.39 is 12.0 Å². The Kier molecular flexibility index (Phi) is 5.41. The van der Waals surface area contributed by atoms with Crippen LogP contribution in [0.5, 0.6) is 0 Å². The summed E-state index contributed by atoms with van der Waals surface area (Å²) in [5, 5.41) is 14.7. The summed E-state index contributed by atoms with van der Waals surface area (Å²) in [6.07, 6.45) is -0.245. The van der Waals surface area contributed by atoms with Gasteiger partial charge in [0, 0.05) is 17.0 Å². The van der Waals surface area contributed by atoms with Gasteiger partial charge in [0.25, 0.3) is 0 Å². The Morgan fingerprint density at radius 3 is 2.36 bits per heavy atom. The first kappa shape index (κ1) is 16.3. The number of benzene rings is 2. The van der Waals surface area contributed by atoms with Crippen molar-refractivity contribution in [2.75, 3.05) is 5.32 Å². The molecule has 0 heterocycles. The third-order valence-corrected chi connectivity index (χ3v) is 3.58. The highest BCUT2D eigenvalue weighted by Crippen LogP contribution is 2.26. The van der Waals surface area contributed by atoms with Gasteiger partial charge in [0.15, 0.2) is 5.78 Å². The minimum Gasteiger partial charge on any atom is -0.548 e. The summed E-state index contributed by atoms with van der Waals surface area (Å²) < 4.78 is 0. The molecule has 2 rings (SSSR count). The zero-order chi connectivity index (χ0) is 16.1. The first-order valence-corrected chi connectivity index (χ1v) is 7.23. The number of Topliss-reactive ketones (excluding diaryl/α,β-unsaturated/α-hetero) is 1. The topological polar surface area (TPSA) is 69.2 Å². The molecule has 0 amide bonds. The predicted molar refractivity (Wildman–Crippen MR) is 84.3 cm³/mol. The number of ketones is 1. The first-order valence-electron chi connectivity index (χ1n) is 6.48. The number of rotatable bonds is 6. The van der Waals surface area contributed by atoms with Crippen molar-refractivity contribution in [3.63, 3.8) is 0 Å². The number of anilines is 1. The van der Waals surface area contributed by atoms with Gasteiger partial charge in [-0.05, 0) is 18.2 Å². The van der Waals surface area contributed by atoms with E-state index in [2.05, 4.69) is 5.32 Å². The van der Waals surface area contributed by atoms with E-state index in [1.54, 1.807) is 42.5 Å². The smallest absolute Gasteiger partial charge is 0.165 e. The van der Waals surface area contributed by atoms with E-state index in [9.17, 15) is 14.7 Å². The lowest BCUT2D eigenvalue weighted by atomic mass is 10.0. The first-order chi connectivity index (χ1) is 10.5. The standard InChI is InChI=1S/C16H13Cl2NO3/c17-11-6-7-13(12(18)8-11)19-14(16(21)22)9-15(20)10-4-2-1-3-5-10/h1-8,14,19H,9H2,(H,21,22)/p-1/t14-/m1/s1. The number of halogens is 2. The van der Waals surface area contributed by atoms with Gasteiger partial charge in [-0.2, -0.15) is 0 Å². The Morgan fingerprint density at radius 2 is 1.77 bits per heavy atom. The van der Waals surface area contributed by atoms with Gasteiger partial charge in [-0.1, -0.05) is 53.5 Å². The number of hydrogen-bond acceptors (Lipinski definition) is 4. The van der Waals surface area contributed by atoms with E-state index in [-0.39, 0.29) is 17.2 Å². The van der Waals surface area contributed by atoms with Gasteiger partial charge in [-0.15, -0.1) is 0 Å². The highest BCUT2D eigenvalue weighted by Gasteiger charge is 2.17. The van der Waals surface area contributed by atoms with Crippen LogP contribution in [-0.2, 0) is 4.79 Å². The molecule has 0 unspecified atom stereocenters. The number of carbonyl (C=O) groups is 2. The summed E-state index contributed by atoms with van der Waals surface area (Å²) in [4.78, 5) is 23.4. The van der Waals surface area contributed by atoms with Crippen molar-refractivity contribution in [1.29, 1.82) is 0 Å². The fraction of sp³-hybridized carbons (Fsp3) is 0.125. The monoisotopic (exact) mass is 336 g/mol. The maximum Gasteiger partial charge on any atom is 0.165 e. The SMILES string of the molecule is O=C(C[C@@H](Nc1ccc(Cl)cc1Cl)C(=O)[O-])c1ccccc1. The normalized spacial score (nSPS) is 11.7. The summed E-state index contributed by atoms with van der Waals surface area (Å²) in [6, 6.07) is 11.9. The van der Waals surface area contributed by atoms with Crippen LogP contribution in [0.2, 0.25) is 10.0 Å². The number of aliphatic carboxylic acids is 1. The third kappa shape index (κ3) is 4.23. The average Bonchev–Trinajstić information content (AvgIpc) is 2.49. The molecule has 1 N–H and O–H groups in total. The van der Waals surface area contributed by atoms with Gasteiger partial charge in [0.05, 0.1) is 22.7 Å². The molecule has 6 heteroatoms. The van der Waals surface area contributed by atoms with Crippen molar-refractivity contribution in [1.82, 2.24) is 0 Å². The highest BCUT2D eigenvalue weighted by atomic mass is 35.5. The molecule has 2 aromatic carbocycles. The molecule has 22 heavy (non-hydrogen) atoms. The fourth-order valence-electron chi connectivity index (χ4n) is 1.91. The van der Waals surface area contributed by atoms with Gasteiger partial charge < -0.3 is 15.2 Å². The van der Waals surface area contributed by atoms with Gasteiger partial charge in [-0.3, -0.25) is 4.79 Å². The Labute approximate surface area is 137 Å². The van der Waals surface area contributed by atoms with Crippen LogP contribution in [0.4, 0.5) is 5.69 Å². The van der Waals surface area contributed by atoms with Crippen molar-refractivity contribution >= 4 is 40.6 Å². The van der Waals surface area contributed by atoms with E-state index in [1.807, 2.05) is 0 Å². The number of carbonyl (C=O) groups excluding carboxylic acids is 2. The van der Waals surface area contributed by atoms with Crippen LogP contribution >= 0.6 is 23.2 Å².